The zero-order valence-corrected chi connectivity index (χ0v) is 11.5. The third-order valence-electron chi connectivity index (χ3n) is 3.85. The first-order valence-corrected chi connectivity index (χ1v) is 6.72. The molecule has 0 aliphatic heterocycles. The van der Waals surface area contributed by atoms with Crippen molar-refractivity contribution in [1.29, 1.82) is 5.26 Å². The second kappa shape index (κ2) is 6.02. The van der Waals surface area contributed by atoms with Crippen molar-refractivity contribution in [2.75, 3.05) is 7.05 Å². The predicted octanol–water partition coefficient (Wildman–Crippen LogP) is 1.78. The topological polar surface area (TPSA) is 70.1 Å². The molecule has 1 aliphatic rings. The summed E-state index contributed by atoms with van der Waals surface area (Å²) in [6.45, 7) is 0.156. The Morgan fingerprint density at radius 1 is 1.55 bits per heavy atom. The van der Waals surface area contributed by atoms with Crippen LogP contribution in [-0.4, -0.2) is 23.9 Å². The largest absolute Gasteiger partial charge is 0.341 e. The smallest absolute Gasteiger partial charge is 0.227 e. The number of hydrogen-bond donors (Lipinski definition) is 1. The van der Waals surface area contributed by atoms with Crippen LogP contribution in [0.3, 0.4) is 0 Å². The maximum absolute atomic E-state index is 13.7. The molecule has 0 radical (unpaired) electrons. The molecule has 0 bridgehead atoms. The Hall–Kier alpha value is -1.93. The maximum Gasteiger partial charge on any atom is 0.227 e. The molecule has 0 aromatic heterocycles. The van der Waals surface area contributed by atoms with Crippen molar-refractivity contribution in [2.45, 2.75) is 31.8 Å². The van der Waals surface area contributed by atoms with Crippen LogP contribution in [0.5, 0.6) is 0 Å². The number of carbonyl (C=O) groups excluding carboxylic acids is 1. The molecule has 2 N–H and O–H groups in total. The summed E-state index contributed by atoms with van der Waals surface area (Å²) in [5, 5.41) is 8.83. The van der Waals surface area contributed by atoms with Crippen molar-refractivity contribution in [1.82, 2.24) is 4.90 Å². The van der Waals surface area contributed by atoms with E-state index in [1.165, 1.54) is 23.1 Å². The molecule has 2 atom stereocenters. The molecular formula is C15H18FN3O. The number of nitriles is 1. The van der Waals surface area contributed by atoms with E-state index in [0.29, 0.717) is 11.1 Å². The van der Waals surface area contributed by atoms with Gasteiger partial charge in [0.2, 0.25) is 5.91 Å². The van der Waals surface area contributed by atoms with Crippen LogP contribution in [0.1, 0.15) is 30.4 Å². The zero-order valence-electron chi connectivity index (χ0n) is 11.5. The number of benzene rings is 1. The SMILES string of the molecule is CN(Cc1cc(C#N)ccc1F)C(=O)C1CCCC1N. The van der Waals surface area contributed by atoms with Crippen LogP contribution < -0.4 is 5.73 Å². The number of nitrogens with two attached hydrogens (primary N) is 1. The summed E-state index contributed by atoms with van der Waals surface area (Å²) < 4.78 is 13.7. The lowest BCUT2D eigenvalue weighted by atomic mass is 10.0. The number of carbonyl (C=O) groups is 1. The van der Waals surface area contributed by atoms with E-state index in [2.05, 4.69) is 0 Å². The number of nitrogens with zero attached hydrogens (tertiary/aromatic N) is 2. The van der Waals surface area contributed by atoms with Crippen molar-refractivity contribution in [3.63, 3.8) is 0 Å². The molecule has 1 aromatic carbocycles. The van der Waals surface area contributed by atoms with Crippen molar-refractivity contribution in [2.24, 2.45) is 11.7 Å². The fraction of sp³-hybridized carbons (Fsp3) is 0.467. The molecule has 2 unspecified atom stereocenters. The highest BCUT2D eigenvalue weighted by Gasteiger charge is 2.32. The molecule has 1 amide bonds. The quantitative estimate of drug-likeness (QED) is 0.914. The van der Waals surface area contributed by atoms with Crippen molar-refractivity contribution in [3.05, 3.63) is 35.1 Å². The van der Waals surface area contributed by atoms with Crippen molar-refractivity contribution < 1.29 is 9.18 Å². The third kappa shape index (κ3) is 2.97. The Bertz CT molecular complexity index is 553. The molecule has 1 aliphatic carbocycles. The average Bonchev–Trinajstić information content (AvgIpc) is 2.86. The van der Waals surface area contributed by atoms with Gasteiger partial charge in [-0.1, -0.05) is 6.42 Å². The normalized spacial score (nSPS) is 21.5. The first kappa shape index (κ1) is 14.5. The van der Waals surface area contributed by atoms with E-state index in [9.17, 15) is 9.18 Å². The van der Waals surface area contributed by atoms with E-state index in [1.807, 2.05) is 6.07 Å². The van der Waals surface area contributed by atoms with Gasteiger partial charge in [0.1, 0.15) is 5.82 Å². The molecule has 5 heteroatoms. The maximum atomic E-state index is 13.7. The molecule has 20 heavy (non-hydrogen) atoms. The Kier molecular flexibility index (Phi) is 4.35. The predicted molar refractivity (Wildman–Crippen MR) is 72.9 cm³/mol. The zero-order chi connectivity index (χ0) is 14.7. The van der Waals surface area contributed by atoms with Gasteiger partial charge in [0.15, 0.2) is 0 Å². The van der Waals surface area contributed by atoms with E-state index in [0.717, 1.165) is 19.3 Å². The molecular weight excluding hydrogens is 257 g/mol. The Morgan fingerprint density at radius 3 is 2.90 bits per heavy atom. The van der Waals surface area contributed by atoms with Gasteiger partial charge in [0.05, 0.1) is 17.6 Å². The number of rotatable bonds is 3. The molecule has 0 saturated heterocycles. The number of amides is 1. The molecule has 2 rings (SSSR count). The minimum absolute atomic E-state index is 0.0447. The first-order valence-electron chi connectivity index (χ1n) is 6.72. The average molecular weight is 275 g/mol. The van der Waals surface area contributed by atoms with Crippen LogP contribution in [-0.2, 0) is 11.3 Å². The van der Waals surface area contributed by atoms with Gasteiger partial charge in [-0.05, 0) is 31.0 Å². The summed E-state index contributed by atoms with van der Waals surface area (Å²) in [4.78, 5) is 13.8. The number of hydrogen-bond acceptors (Lipinski definition) is 3. The van der Waals surface area contributed by atoms with E-state index >= 15 is 0 Å². The molecule has 1 fully saturated rings. The second-order valence-corrected chi connectivity index (χ2v) is 5.31. The molecule has 106 valence electrons. The summed E-state index contributed by atoms with van der Waals surface area (Å²) in [6, 6.07) is 6.03. The van der Waals surface area contributed by atoms with Gasteiger partial charge >= 0.3 is 0 Å². The minimum Gasteiger partial charge on any atom is -0.341 e. The lowest BCUT2D eigenvalue weighted by Crippen LogP contribution is -2.39. The highest BCUT2D eigenvalue weighted by Crippen LogP contribution is 2.26. The minimum atomic E-state index is -0.403. The van der Waals surface area contributed by atoms with Crippen LogP contribution in [0.15, 0.2) is 18.2 Å². The summed E-state index contributed by atoms with van der Waals surface area (Å²) in [7, 11) is 1.64. The van der Waals surface area contributed by atoms with Gasteiger partial charge in [0, 0.05) is 25.2 Å². The standard InChI is InChI=1S/C15H18FN3O/c1-19(15(20)12-3-2-4-14(12)18)9-11-7-10(8-17)5-6-13(11)16/h5-7,12,14H,2-4,9,18H2,1H3. The monoisotopic (exact) mass is 275 g/mol. The van der Waals surface area contributed by atoms with Crippen molar-refractivity contribution >= 4 is 5.91 Å². The van der Waals surface area contributed by atoms with E-state index in [-0.39, 0.29) is 24.4 Å². The summed E-state index contributed by atoms with van der Waals surface area (Å²) in [5.74, 6) is -0.613. The molecule has 0 heterocycles. The first-order chi connectivity index (χ1) is 9.52. The van der Waals surface area contributed by atoms with Crippen LogP contribution in [0.2, 0.25) is 0 Å². The van der Waals surface area contributed by atoms with Crippen LogP contribution in [0.25, 0.3) is 0 Å². The van der Waals surface area contributed by atoms with Crippen LogP contribution >= 0.6 is 0 Å². The van der Waals surface area contributed by atoms with Gasteiger partial charge in [0.25, 0.3) is 0 Å². The molecule has 0 spiro atoms. The van der Waals surface area contributed by atoms with E-state index < -0.39 is 5.82 Å². The summed E-state index contributed by atoms with van der Waals surface area (Å²) >= 11 is 0. The number of halogens is 1. The fourth-order valence-electron chi connectivity index (χ4n) is 2.68. The summed E-state index contributed by atoms with van der Waals surface area (Å²) in [5.41, 5.74) is 6.66. The summed E-state index contributed by atoms with van der Waals surface area (Å²) in [6.07, 6.45) is 2.62. The van der Waals surface area contributed by atoms with Crippen molar-refractivity contribution in [3.8, 4) is 6.07 Å². The van der Waals surface area contributed by atoms with E-state index in [4.69, 9.17) is 11.0 Å². The second-order valence-electron chi connectivity index (χ2n) is 5.31. The Balaban J connectivity index is 2.09. The lowest BCUT2D eigenvalue weighted by molar-refractivity contribution is -0.134. The van der Waals surface area contributed by atoms with Crippen LogP contribution in [0, 0.1) is 23.1 Å². The van der Waals surface area contributed by atoms with Gasteiger partial charge < -0.3 is 10.6 Å². The Labute approximate surface area is 118 Å². The molecule has 1 aromatic rings. The highest BCUT2D eigenvalue weighted by atomic mass is 19.1. The van der Waals surface area contributed by atoms with Gasteiger partial charge in [-0.3, -0.25) is 4.79 Å². The van der Waals surface area contributed by atoms with Gasteiger partial charge in [-0.2, -0.15) is 5.26 Å². The highest BCUT2D eigenvalue weighted by molar-refractivity contribution is 5.79. The van der Waals surface area contributed by atoms with Gasteiger partial charge in [-0.15, -0.1) is 0 Å². The van der Waals surface area contributed by atoms with Crippen LogP contribution in [0.4, 0.5) is 4.39 Å². The third-order valence-corrected chi connectivity index (χ3v) is 3.85. The Morgan fingerprint density at radius 2 is 2.30 bits per heavy atom. The molecule has 4 nitrogen and oxygen atoms in total. The molecule has 1 saturated carbocycles. The lowest BCUT2D eigenvalue weighted by Gasteiger charge is -2.23. The fourth-order valence-corrected chi connectivity index (χ4v) is 2.68. The van der Waals surface area contributed by atoms with E-state index in [1.54, 1.807) is 7.05 Å². The van der Waals surface area contributed by atoms with Gasteiger partial charge in [-0.25, -0.2) is 4.39 Å².